The number of nitrogens with zero attached hydrogens (tertiary/aromatic N) is 1. The van der Waals surface area contributed by atoms with Crippen LogP contribution in [0.25, 0.3) is 0 Å². The van der Waals surface area contributed by atoms with Crippen molar-refractivity contribution >= 4 is 17.7 Å². The number of carbonyl (C=O) groups excluding carboxylic acids is 3. The van der Waals surface area contributed by atoms with Gasteiger partial charge in [0.2, 0.25) is 0 Å². The Morgan fingerprint density at radius 2 is 1.83 bits per heavy atom. The van der Waals surface area contributed by atoms with Crippen LogP contribution in [-0.2, 0) is 0 Å². The van der Waals surface area contributed by atoms with Gasteiger partial charge in [-0.25, -0.2) is 0 Å². The molecule has 1 saturated carbocycles. The Balaban J connectivity index is 1.79. The van der Waals surface area contributed by atoms with E-state index in [9.17, 15) is 14.4 Å². The van der Waals surface area contributed by atoms with Crippen molar-refractivity contribution < 1.29 is 19.5 Å². The van der Waals surface area contributed by atoms with Gasteiger partial charge in [0.25, 0.3) is 17.7 Å². The van der Waals surface area contributed by atoms with Gasteiger partial charge in [-0.1, -0.05) is 19.3 Å². The van der Waals surface area contributed by atoms with Gasteiger partial charge in [0.05, 0.1) is 11.1 Å². The van der Waals surface area contributed by atoms with Gasteiger partial charge in [0.1, 0.15) is 0 Å². The van der Waals surface area contributed by atoms with Crippen LogP contribution >= 0.6 is 0 Å². The fraction of sp³-hybridized carbons (Fsp3) is 0.500. The second-order valence-electron chi connectivity index (χ2n) is 6.37. The second-order valence-corrected chi connectivity index (χ2v) is 6.37. The zero-order chi connectivity index (χ0) is 17.1. The van der Waals surface area contributed by atoms with Crippen LogP contribution in [0, 0.1) is 0 Å². The molecule has 1 aromatic carbocycles. The minimum Gasteiger partial charge on any atom is -0.396 e. The molecule has 1 aliphatic heterocycles. The van der Waals surface area contributed by atoms with Crippen molar-refractivity contribution in [2.45, 2.75) is 44.6 Å². The highest BCUT2D eigenvalue weighted by Gasteiger charge is 2.40. The summed E-state index contributed by atoms with van der Waals surface area (Å²) in [5.74, 6) is -0.830. The second kappa shape index (κ2) is 7.13. The van der Waals surface area contributed by atoms with E-state index >= 15 is 0 Å². The molecule has 0 aromatic heterocycles. The van der Waals surface area contributed by atoms with E-state index in [1.54, 1.807) is 12.1 Å². The van der Waals surface area contributed by atoms with Gasteiger partial charge in [-0.15, -0.1) is 0 Å². The Morgan fingerprint density at radius 3 is 2.54 bits per heavy atom. The van der Waals surface area contributed by atoms with E-state index in [2.05, 4.69) is 5.32 Å². The van der Waals surface area contributed by atoms with Crippen molar-refractivity contribution in [1.82, 2.24) is 10.2 Å². The Labute approximate surface area is 140 Å². The first-order valence-electron chi connectivity index (χ1n) is 8.54. The van der Waals surface area contributed by atoms with Crippen molar-refractivity contribution in [2.24, 2.45) is 0 Å². The predicted molar refractivity (Wildman–Crippen MR) is 87.9 cm³/mol. The maximum absolute atomic E-state index is 12.7. The molecule has 0 bridgehead atoms. The minimum atomic E-state index is -0.303. The Kier molecular flexibility index (Phi) is 4.94. The lowest BCUT2D eigenvalue weighted by atomic mass is 9.94. The fourth-order valence-electron chi connectivity index (χ4n) is 3.45. The lowest BCUT2D eigenvalue weighted by Crippen LogP contribution is -2.40. The summed E-state index contributed by atoms with van der Waals surface area (Å²) in [4.78, 5) is 38.7. The molecular weight excluding hydrogens is 308 g/mol. The van der Waals surface area contributed by atoms with Crippen LogP contribution in [0.2, 0.25) is 0 Å². The standard InChI is InChI=1S/C18H22N2O4/c21-10-4-9-19-16(22)12-7-8-14-15(11-12)18(24)20(17(14)23)13-5-2-1-3-6-13/h7-8,11,13,21H,1-6,9-10H2,(H,19,22). The van der Waals surface area contributed by atoms with Crippen molar-refractivity contribution in [3.05, 3.63) is 34.9 Å². The Morgan fingerprint density at radius 1 is 1.12 bits per heavy atom. The first-order valence-corrected chi connectivity index (χ1v) is 8.54. The predicted octanol–water partition coefficient (Wildman–Crippen LogP) is 1.73. The monoisotopic (exact) mass is 330 g/mol. The van der Waals surface area contributed by atoms with Crippen LogP contribution < -0.4 is 5.32 Å². The third-order valence-electron chi connectivity index (χ3n) is 4.74. The molecule has 0 spiro atoms. The number of carbonyl (C=O) groups is 3. The molecule has 0 atom stereocenters. The third-order valence-corrected chi connectivity index (χ3v) is 4.74. The number of rotatable bonds is 5. The van der Waals surface area contributed by atoms with Gasteiger partial charge in [-0.05, 0) is 37.5 Å². The lowest BCUT2D eigenvalue weighted by Gasteiger charge is -2.29. The summed E-state index contributed by atoms with van der Waals surface area (Å²) >= 11 is 0. The summed E-state index contributed by atoms with van der Waals surface area (Å²) in [6.45, 7) is 0.376. The average Bonchev–Trinajstić information content (AvgIpc) is 2.86. The average molecular weight is 330 g/mol. The number of aliphatic hydroxyl groups is 1. The lowest BCUT2D eigenvalue weighted by molar-refractivity contribution is 0.0548. The number of hydrogen-bond donors (Lipinski definition) is 2. The molecule has 1 aliphatic carbocycles. The number of imide groups is 1. The van der Waals surface area contributed by atoms with Gasteiger partial charge in [-0.2, -0.15) is 0 Å². The van der Waals surface area contributed by atoms with E-state index in [-0.39, 0.29) is 30.4 Å². The molecule has 0 radical (unpaired) electrons. The third kappa shape index (κ3) is 3.06. The highest BCUT2D eigenvalue weighted by atomic mass is 16.3. The molecule has 0 unspecified atom stereocenters. The highest BCUT2D eigenvalue weighted by Crippen LogP contribution is 2.31. The van der Waals surface area contributed by atoms with E-state index in [4.69, 9.17) is 5.11 Å². The smallest absolute Gasteiger partial charge is 0.261 e. The number of fused-ring (bicyclic) bond motifs is 1. The van der Waals surface area contributed by atoms with Crippen molar-refractivity contribution in [2.75, 3.05) is 13.2 Å². The molecule has 0 saturated heterocycles. The largest absolute Gasteiger partial charge is 0.396 e. The molecule has 2 N–H and O–H groups in total. The van der Waals surface area contributed by atoms with E-state index in [1.807, 2.05) is 0 Å². The summed E-state index contributed by atoms with van der Waals surface area (Å²) in [7, 11) is 0. The molecule has 2 aliphatic rings. The molecule has 6 heteroatoms. The maximum atomic E-state index is 12.7. The molecule has 3 amide bonds. The van der Waals surface area contributed by atoms with Gasteiger partial charge >= 0.3 is 0 Å². The zero-order valence-electron chi connectivity index (χ0n) is 13.6. The normalized spacial score (nSPS) is 18.0. The molecule has 128 valence electrons. The minimum absolute atomic E-state index is 0.00774. The molecule has 3 rings (SSSR count). The number of nitrogens with one attached hydrogen (secondary N) is 1. The first-order chi connectivity index (χ1) is 11.6. The molecule has 24 heavy (non-hydrogen) atoms. The summed E-state index contributed by atoms with van der Waals surface area (Å²) < 4.78 is 0. The van der Waals surface area contributed by atoms with Crippen molar-refractivity contribution in [3.8, 4) is 0 Å². The van der Waals surface area contributed by atoms with Gasteiger partial charge in [0, 0.05) is 24.8 Å². The highest BCUT2D eigenvalue weighted by molar-refractivity contribution is 6.22. The summed E-state index contributed by atoms with van der Waals surface area (Å²) in [5, 5.41) is 11.4. The summed E-state index contributed by atoms with van der Waals surface area (Å²) in [5.41, 5.74) is 1.07. The molecule has 1 fully saturated rings. The van der Waals surface area contributed by atoms with Crippen LogP contribution in [0.1, 0.15) is 69.6 Å². The molecule has 6 nitrogen and oxygen atoms in total. The summed E-state index contributed by atoms with van der Waals surface area (Å²) in [6, 6.07) is 4.63. The van der Waals surface area contributed by atoms with Crippen LogP contribution in [0.15, 0.2) is 18.2 Å². The van der Waals surface area contributed by atoms with Crippen LogP contribution in [-0.4, -0.2) is 46.9 Å². The van der Waals surface area contributed by atoms with Crippen molar-refractivity contribution in [3.63, 3.8) is 0 Å². The van der Waals surface area contributed by atoms with E-state index < -0.39 is 0 Å². The quantitative estimate of drug-likeness (QED) is 0.636. The number of benzene rings is 1. The number of amides is 3. The number of hydrogen-bond acceptors (Lipinski definition) is 4. The Bertz CT molecular complexity index is 665. The SMILES string of the molecule is O=C(NCCCO)c1ccc2c(c1)C(=O)N(C1CCCCC1)C2=O. The van der Waals surface area contributed by atoms with Crippen LogP contribution in [0.5, 0.6) is 0 Å². The number of aliphatic hydroxyl groups excluding tert-OH is 1. The maximum Gasteiger partial charge on any atom is 0.261 e. The van der Waals surface area contributed by atoms with E-state index in [1.165, 1.54) is 11.0 Å². The van der Waals surface area contributed by atoms with Gasteiger partial charge in [-0.3, -0.25) is 19.3 Å². The first kappa shape index (κ1) is 16.6. The van der Waals surface area contributed by atoms with E-state index in [0.29, 0.717) is 29.7 Å². The molecular formula is C18H22N2O4. The van der Waals surface area contributed by atoms with Crippen LogP contribution in [0.3, 0.4) is 0 Å². The molecule has 1 heterocycles. The topological polar surface area (TPSA) is 86.7 Å². The zero-order valence-corrected chi connectivity index (χ0v) is 13.6. The summed E-state index contributed by atoms with van der Waals surface area (Å²) in [6.07, 6.45) is 5.43. The van der Waals surface area contributed by atoms with E-state index in [0.717, 1.165) is 32.1 Å². The molecule has 1 aromatic rings. The van der Waals surface area contributed by atoms with Gasteiger partial charge in [0.15, 0.2) is 0 Å². The van der Waals surface area contributed by atoms with Crippen molar-refractivity contribution in [1.29, 1.82) is 0 Å². The van der Waals surface area contributed by atoms with Gasteiger partial charge < -0.3 is 10.4 Å². The van der Waals surface area contributed by atoms with Crippen LogP contribution in [0.4, 0.5) is 0 Å². The fourth-order valence-corrected chi connectivity index (χ4v) is 3.45. The Hall–Kier alpha value is -2.21.